The maximum atomic E-state index is 5.67. The SMILES string of the molecule is CC(C)(CN)c1nc(CCOc2ccccc2)no1. The molecule has 0 fully saturated rings. The largest absolute Gasteiger partial charge is 0.493 e. The molecular formula is C14H19N3O2. The molecule has 0 unspecified atom stereocenters. The van der Waals surface area contributed by atoms with Gasteiger partial charge < -0.3 is 15.0 Å². The zero-order chi connectivity index (χ0) is 13.7. The second kappa shape index (κ2) is 5.84. The molecule has 0 saturated carbocycles. The summed E-state index contributed by atoms with van der Waals surface area (Å²) in [5.41, 5.74) is 5.39. The summed E-state index contributed by atoms with van der Waals surface area (Å²) >= 11 is 0. The molecule has 5 nitrogen and oxygen atoms in total. The fourth-order valence-electron chi connectivity index (χ4n) is 1.49. The van der Waals surface area contributed by atoms with Gasteiger partial charge in [0.05, 0.1) is 12.0 Å². The van der Waals surface area contributed by atoms with Gasteiger partial charge in [0, 0.05) is 13.0 Å². The molecule has 2 rings (SSSR count). The van der Waals surface area contributed by atoms with Crippen molar-refractivity contribution in [1.29, 1.82) is 0 Å². The van der Waals surface area contributed by atoms with Gasteiger partial charge in [-0.1, -0.05) is 23.4 Å². The van der Waals surface area contributed by atoms with E-state index in [2.05, 4.69) is 10.1 Å². The third-order valence-electron chi connectivity index (χ3n) is 2.89. The summed E-state index contributed by atoms with van der Waals surface area (Å²) in [4.78, 5) is 4.35. The first-order valence-electron chi connectivity index (χ1n) is 6.33. The van der Waals surface area contributed by atoms with E-state index in [0.717, 1.165) is 5.75 Å². The molecule has 1 heterocycles. The number of nitrogens with zero attached hydrogens (tertiary/aromatic N) is 2. The minimum atomic E-state index is -0.286. The van der Waals surface area contributed by atoms with Crippen LogP contribution in [0.25, 0.3) is 0 Å². The van der Waals surface area contributed by atoms with Gasteiger partial charge in [0.2, 0.25) is 5.89 Å². The van der Waals surface area contributed by atoms with Gasteiger partial charge in [0.15, 0.2) is 5.82 Å². The molecule has 2 aromatic rings. The van der Waals surface area contributed by atoms with Crippen LogP contribution in [-0.4, -0.2) is 23.3 Å². The highest BCUT2D eigenvalue weighted by Gasteiger charge is 2.25. The van der Waals surface area contributed by atoms with Gasteiger partial charge in [0.1, 0.15) is 5.75 Å². The lowest BCUT2D eigenvalue weighted by molar-refractivity contribution is 0.300. The Morgan fingerprint density at radius 1 is 1.26 bits per heavy atom. The first-order valence-corrected chi connectivity index (χ1v) is 6.33. The van der Waals surface area contributed by atoms with Crippen LogP contribution < -0.4 is 10.5 Å². The Hall–Kier alpha value is -1.88. The highest BCUT2D eigenvalue weighted by atomic mass is 16.5. The highest BCUT2D eigenvalue weighted by Crippen LogP contribution is 2.19. The molecule has 19 heavy (non-hydrogen) atoms. The first kappa shape index (κ1) is 13.5. The molecule has 0 saturated heterocycles. The summed E-state index contributed by atoms with van der Waals surface area (Å²) in [6.07, 6.45) is 0.610. The van der Waals surface area contributed by atoms with Gasteiger partial charge in [-0.05, 0) is 26.0 Å². The van der Waals surface area contributed by atoms with Crippen molar-refractivity contribution in [2.75, 3.05) is 13.2 Å². The Morgan fingerprint density at radius 3 is 2.68 bits per heavy atom. The second-order valence-electron chi connectivity index (χ2n) is 5.02. The molecular weight excluding hydrogens is 242 g/mol. The third-order valence-corrected chi connectivity index (χ3v) is 2.89. The van der Waals surface area contributed by atoms with E-state index in [1.54, 1.807) is 0 Å². The summed E-state index contributed by atoms with van der Waals surface area (Å²) in [5.74, 6) is 2.06. The van der Waals surface area contributed by atoms with Crippen molar-refractivity contribution in [2.24, 2.45) is 5.73 Å². The molecule has 0 aliphatic carbocycles. The molecule has 2 N–H and O–H groups in total. The van der Waals surface area contributed by atoms with E-state index in [0.29, 0.717) is 31.3 Å². The number of ether oxygens (including phenoxy) is 1. The predicted octanol–water partition coefficient (Wildman–Crippen LogP) is 1.93. The number of hydrogen-bond donors (Lipinski definition) is 1. The molecule has 0 spiro atoms. The number of rotatable bonds is 6. The van der Waals surface area contributed by atoms with E-state index in [1.165, 1.54) is 0 Å². The van der Waals surface area contributed by atoms with Crippen molar-refractivity contribution < 1.29 is 9.26 Å². The van der Waals surface area contributed by atoms with E-state index < -0.39 is 0 Å². The fourth-order valence-corrected chi connectivity index (χ4v) is 1.49. The van der Waals surface area contributed by atoms with Gasteiger partial charge in [-0.2, -0.15) is 4.98 Å². The van der Waals surface area contributed by atoms with Crippen LogP contribution in [0.15, 0.2) is 34.9 Å². The van der Waals surface area contributed by atoms with Crippen LogP contribution in [0.3, 0.4) is 0 Å². The first-order chi connectivity index (χ1) is 9.12. The maximum absolute atomic E-state index is 5.67. The van der Waals surface area contributed by atoms with Crippen LogP contribution in [0.2, 0.25) is 0 Å². The Balaban J connectivity index is 1.87. The van der Waals surface area contributed by atoms with Crippen LogP contribution in [-0.2, 0) is 11.8 Å². The lowest BCUT2D eigenvalue weighted by atomic mass is 9.94. The molecule has 0 radical (unpaired) electrons. The van der Waals surface area contributed by atoms with Crippen molar-refractivity contribution in [2.45, 2.75) is 25.7 Å². The summed E-state index contributed by atoms with van der Waals surface area (Å²) < 4.78 is 10.8. The summed E-state index contributed by atoms with van der Waals surface area (Å²) in [5, 5.41) is 3.94. The monoisotopic (exact) mass is 261 g/mol. The Morgan fingerprint density at radius 2 is 2.00 bits per heavy atom. The number of hydrogen-bond acceptors (Lipinski definition) is 5. The van der Waals surface area contributed by atoms with Crippen LogP contribution >= 0.6 is 0 Å². The quantitative estimate of drug-likeness (QED) is 0.860. The maximum Gasteiger partial charge on any atom is 0.233 e. The number of aromatic nitrogens is 2. The second-order valence-corrected chi connectivity index (χ2v) is 5.02. The average molecular weight is 261 g/mol. The zero-order valence-electron chi connectivity index (χ0n) is 11.3. The van der Waals surface area contributed by atoms with E-state index in [1.807, 2.05) is 44.2 Å². The minimum absolute atomic E-state index is 0.286. The fraction of sp³-hybridized carbons (Fsp3) is 0.429. The van der Waals surface area contributed by atoms with Crippen molar-refractivity contribution in [1.82, 2.24) is 10.1 Å². The van der Waals surface area contributed by atoms with Gasteiger partial charge >= 0.3 is 0 Å². The molecule has 1 aromatic heterocycles. The predicted molar refractivity (Wildman–Crippen MR) is 72.0 cm³/mol. The van der Waals surface area contributed by atoms with Crippen molar-refractivity contribution in [3.05, 3.63) is 42.0 Å². The molecule has 0 amide bonds. The van der Waals surface area contributed by atoms with Crippen LogP contribution in [0.1, 0.15) is 25.6 Å². The van der Waals surface area contributed by atoms with Crippen molar-refractivity contribution in [3.63, 3.8) is 0 Å². The summed E-state index contributed by atoms with van der Waals surface area (Å²) in [6, 6.07) is 9.66. The molecule has 0 bridgehead atoms. The third kappa shape index (κ3) is 3.54. The van der Waals surface area contributed by atoms with Crippen LogP contribution in [0, 0.1) is 0 Å². The molecule has 1 aromatic carbocycles. The Bertz CT molecular complexity index is 508. The number of benzene rings is 1. The smallest absolute Gasteiger partial charge is 0.233 e. The van der Waals surface area contributed by atoms with Crippen molar-refractivity contribution in [3.8, 4) is 5.75 Å². The van der Waals surface area contributed by atoms with E-state index in [9.17, 15) is 0 Å². The summed E-state index contributed by atoms with van der Waals surface area (Å²) in [6.45, 7) is 4.94. The molecule has 5 heteroatoms. The van der Waals surface area contributed by atoms with Crippen LogP contribution in [0.5, 0.6) is 5.75 Å². The average Bonchev–Trinajstić information content (AvgIpc) is 2.90. The molecule has 0 aliphatic rings. The standard InChI is InChI=1S/C14H19N3O2/c1-14(2,10-15)13-16-12(17-19-13)8-9-18-11-6-4-3-5-7-11/h3-7H,8-10,15H2,1-2H3. The van der Waals surface area contributed by atoms with E-state index in [4.69, 9.17) is 15.0 Å². The summed E-state index contributed by atoms with van der Waals surface area (Å²) in [7, 11) is 0. The number of para-hydroxylation sites is 1. The molecule has 102 valence electrons. The van der Waals surface area contributed by atoms with Crippen LogP contribution in [0.4, 0.5) is 0 Å². The molecule has 0 aliphatic heterocycles. The van der Waals surface area contributed by atoms with Gasteiger partial charge in [-0.15, -0.1) is 0 Å². The molecule has 0 atom stereocenters. The lowest BCUT2D eigenvalue weighted by Crippen LogP contribution is -2.28. The topological polar surface area (TPSA) is 74.2 Å². The normalized spacial score (nSPS) is 11.5. The lowest BCUT2D eigenvalue weighted by Gasteiger charge is -2.15. The minimum Gasteiger partial charge on any atom is -0.493 e. The van der Waals surface area contributed by atoms with Gasteiger partial charge in [-0.25, -0.2) is 0 Å². The Labute approximate surface area is 112 Å². The zero-order valence-corrected chi connectivity index (χ0v) is 11.3. The van der Waals surface area contributed by atoms with Gasteiger partial charge in [0.25, 0.3) is 0 Å². The Kier molecular flexibility index (Phi) is 4.16. The highest BCUT2D eigenvalue weighted by molar-refractivity contribution is 5.20. The van der Waals surface area contributed by atoms with E-state index in [-0.39, 0.29) is 5.41 Å². The van der Waals surface area contributed by atoms with Gasteiger partial charge in [-0.3, -0.25) is 0 Å². The van der Waals surface area contributed by atoms with Crippen molar-refractivity contribution >= 4 is 0 Å². The van der Waals surface area contributed by atoms with E-state index >= 15 is 0 Å². The number of nitrogens with two attached hydrogens (primary N) is 1.